The standard InChI is InChI=1S/C29H26N4S.BrH/c1-2-9-25-16-26(11-10-24(25)8-1)29(12-5-13-29)27-21-34-28(32-19-22-6-3-14-30-17-22)33(27)20-23-7-4-15-31-18-23;/h1-4,6-11,14-18,21H,5,12-13,19-20H2;1H/b32-28-;. The Bertz CT molecular complexity index is 1490. The molecule has 1 fully saturated rings. The normalized spacial score (nSPS) is 14.9. The van der Waals surface area contributed by atoms with Crippen molar-refractivity contribution >= 4 is 39.1 Å². The maximum absolute atomic E-state index is 5.03. The lowest BCUT2D eigenvalue weighted by Gasteiger charge is -2.43. The summed E-state index contributed by atoms with van der Waals surface area (Å²) < 4.78 is 2.42. The fraction of sp³-hybridized carbons (Fsp3) is 0.207. The Labute approximate surface area is 219 Å². The number of aromatic nitrogens is 3. The average molecular weight is 544 g/mol. The fourth-order valence-electron chi connectivity index (χ4n) is 5.02. The number of halogens is 1. The number of fused-ring (bicyclic) bond motifs is 1. The molecular formula is C29H27BrN4S. The van der Waals surface area contributed by atoms with Crippen molar-refractivity contribution in [2.75, 3.05) is 0 Å². The van der Waals surface area contributed by atoms with Crippen LogP contribution >= 0.6 is 28.3 Å². The van der Waals surface area contributed by atoms with E-state index in [0.29, 0.717) is 6.54 Å². The highest BCUT2D eigenvalue weighted by atomic mass is 79.9. The first-order valence-corrected chi connectivity index (χ1v) is 12.7. The smallest absolute Gasteiger partial charge is 0.185 e. The molecule has 0 radical (unpaired) electrons. The van der Waals surface area contributed by atoms with Crippen LogP contribution in [0.15, 0.2) is 102 Å². The first-order valence-electron chi connectivity index (χ1n) is 11.8. The number of nitrogens with zero attached hydrogens (tertiary/aromatic N) is 4. The summed E-state index contributed by atoms with van der Waals surface area (Å²) in [5, 5.41) is 4.94. The van der Waals surface area contributed by atoms with Crippen LogP contribution in [0.3, 0.4) is 0 Å². The van der Waals surface area contributed by atoms with Gasteiger partial charge in [-0.2, -0.15) is 0 Å². The number of benzene rings is 2. The molecule has 0 amide bonds. The first kappa shape index (κ1) is 23.6. The highest BCUT2D eigenvalue weighted by Crippen LogP contribution is 2.49. The molecule has 35 heavy (non-hydrogen) atoms. The highest BCUT2D eigenvalue weighted by Gasteiger charge is 2.43. The summed E-state index contributed by atoms with van der Waals surface area (Å²) in [6, 6.07) is 23.9. The Morgan fingerprint density at radius 3 is 2.29 bits per heavy atom. The molecule has 0 N–H and O–H groups in total. The van der Waals surface area contributed by atoms with E-state index in [9.17, 15) is 0 Å². The van der Waals surface area contributed by atoms with E-state index in [1.807, 2.05) is 30.7 Å². The molecule has 6 rings (SSSR count). The van der Waals surface area contributed by atoms with E-state index in [1.54, 1.807) is 17.5 Å². The number of rotatable bonds is 6. The van der Waals surface area contributed by atoms with Gasteiger partial charge in [-0.15, -0.1) is 28.3 Å². The van der Waals surface area contributed by atoms with Gasteiger partial charge in [0.15, 0.2) is 4.80 Å². The highest BCUT2D eigenvalue weighted by molar-refractivity contribution is 8.93. The molecule has 0 spiro atoms. The minimum absolute atomic E-state index is 0. The van der Waals surface area contributed by atoms with Gasteiger partial charge in [0.2, 0.25) is 0 Å². The van der Waals surface area contributed by atoms with Gasteiger partial charge in [-0.3, -0.25) is 15.0 Å². The SMILES string of the molecule is Br.c1cncc(C/N=c2\scc(C3(c4ccc5ccccc5c4)CCC3)n2Cc2cccnc2)c1. The summed E-state index contributed by atoms with van der Waals surface area (Å²) in [6.45, 7) is 1.40. The Kier molecular flexibility index (Phi) is 6.93. The van der Waals surface area contributed by atoms with Crippen LogP contribution in [-0.2, 0) is 18.5 Å². The molecule has 176 valence electrons. The van der Waals surface area contributed by atoms with Crippen molar-refractivity contribution in [1.29, 1.82) is 0 Å². The van der Waals surface area contributed by atoms with Crippen LogP contribution in [0, 0.1) is 0 Å². The van der Waals surface area contributed by atoms with Gasteiger partial charge in [0, 0.05) is 41.3 Å². The monoisotopic (exact) mass is 542 g/mol. The zero-order valence-corrected chi connectivity index (χ0v) is 21.9. The van der Waals surface area contributed by atoms with Crippen LogP contribution in [0.4, 0.5) is 0 Å². The number of thiazole rings is 1. The van der Waals surface area contributed by atoms with E-state index >= 15 is 0 Å². The Morgan fingerprint density at radius 2 is 1.60 bits per heavy atom. The van der Waals surface area contributed by atoms with E-state index in [1.165, 1.54) is 34.0 Å². The lowest BCUT2D eigenvalue weighted by Crippen LogP contribution is -2.39. The summed E-state index contributed by atoms with van der Waals surface area (Å²) in [7, 11) is 0. The molecule has 5 aromatic rings. The van der Waals surface area contributed by atoms with Gasteiger partial charge in [-0.1, -0.05) is 61.0 Å². The molecule has 0 saturated heterocycles. The Balaban J connectivity index is 0.00000253. The van der Waals surface area contributed by atoms with Crippen LogP contribution in [0.25, 0.3) is 10.8 Å². The number of pyridine rings is 2. The lowest BCUT2D eigenvalue weighted by molar-refractivity contribution is 0.284. The van der Waals surface area contributed by atoms with Crippen molar-refractivity contribution in [1.82, 2.24) is 14.5 Å². The number of hydrogen-bond acceptors (Lipinski definition) is 4. The van der Waals surface area contributed by atoms with E-state index in [0.717, 1.165) is 29.8 Å². The van der Waals surface area contributed by atoms with Gasteiger partial charge >= 0.3 is 0 Å². The van der Waals surface area contributed by atoms with Crippen molar-refractivity contribution in [3.63, 3.8) is 0 Å². The van der Waals surface area contributed by atoms with Crippen molar-refractivity contribution in [3.05, 3.63) is 124 Å². The van der Waals surface area contributed by atoms with Crippen LogP contribution in [-0.4, -0.2) is 14.5 Å². The third-order valence-corrected chi connectivity index (χ3v) is 7.88. The summed E-state index contributed by atoms with van der Waals surface area (Å²) >= 11 is 1.74. The van der Waals surface area contributed by atoms with Gasteiger partial charge < -0.3 is 4.57 Å². The van der Waals surface area contributed by atoms with Gasteiger partial charge in [0.25, 0.3) is 0 Å². The van der Waals surface area contributed by atoms with Crippen LogP contribution in [0.2, 0.25) is 0 Å². The molecule has 0 bridgehead atoms. The zero-order chi connectivity index (χ0) is 22.8. The molecule has 0 aliphatic heterocycles. The third kappa shape index (κ3) is 4.60. The molecular weight excluding hydrogens is 516 g/mol. The Morgan fingerprint density at radius 1 is 0.857 bits per heavy atom. The molecule has 0 unspecified atom stereocenters. The molecule has 3 heterocycles. The van der Waals surface area contributed by atoms with Crippen LogP contribution < -0.4 is 4.80 Å². The predicted molar refractivity (Wildman–Crippen MR) is 148 cm³/mol. The van der Waals surface area contributed by atoms with Crippen molar-refractivity contribution in [2.24, 2.45) is 4.99 Å². The summed E-state index contributed by atoms with van der Waals surface area (Å²) in [5.41, 5.74) is 5.13. The molecule has 3 aromatic heterocycles. The van der Waals surface area contributed by atoms with Crippen LogP contribution in [0.1, 0.15) is 41.6 Å². The van der Waals surface area contributed by atoms with E-state index in [4.69, 9.17) is 4.99 Å². The lowest BCUT2D eigenvalue weighted by atomic mass is 9.62. The zero-order valence-electron chi connectivity index (χ0n) is 19.4. The minimum Gasteiger partial charge on any atom is -0.316 e. The second-order valence-corrected chi connectivity index (χ2v) is 9.86. The van der Waals surface area contributed by atoms with Crippen molar-refractivity contribution < 1.29 is 0 Å². The molecule has 0 atom stereocenters. The van der Waals surface area contributed by atoms with Crippen molar-refractivity contribution in [3.8, 4) is 0 Å². The third-order valence-electron chi connectivity index (χ3n) is 6.98. The van der Waals surface area contributed by atoms with Crippen LogP contribution in [0.5, 0.6) is 0 Å². The topological polar surface area (TPSA) is 43.1 Å². The van der Waals surface area contributed by atoms with Gasteiger partial charge in [-0.25, -0.2) is 0 Å². The van der Waals surface area contributed by atoms with Gasteiger partial charge in [0.05, 0.1) is 13.1 Å². The predicted octanol–water partition coefficient (Wildman–Crippen LogP) is 6.69. The quantitative estimate of drug-likeness (QED) is 0.240. The molecule has 1 saturated carbocycles. The second-order valence-electron chi connectivity index (χ2n) is 9.03. The maximum atomic E-state index is 5.03. The van der Waals surface area contributed by atoms with Gasteiger partial charge in [0.1, 0.15) is 0 Å². The van der Waals surface area contributed by atoms with E-state index in [-0.39, 0.29) is 22.4 Å². The fourth-order valence-corrected chi connectivity index (χ4v) is 6.02. The Hall–Kier alpha value is -3.09. The molecule has 6 heteroatoms. The maximum Gasteiger partial charge on any atom is 0.185 e. The molecule has 4 nitrogen and oxygen atoms in total. The van der Waals surface area contributed by atoms with Gasteiger partial charge in [-0.05, 0) is 52.4 Å². The summed E-state index contributed by atoms with van der Waals surface area (Å²) in [6.07, 6.45) is 11.1. The van der Waals surface area contributed by atoms with E-state index < -0.39 is 0 Å². The van der Waals surface area contributed by atoms with E-state index in [2.05, 4.69) is 74.5 Å². The second kappa shape index (κ2) is 10.3. The summed E-state index contributed by atoms with van der Waals surface area (Å²) in [4.78, 5) is 14.7. The largest absolute Gasteiger partial charge is 0.316 e. The molecule has 1 aliphatic carbocycles. The number of hydrogen-bond donors (Lipinski definition) is 0. The average Bonchev–Trinajstić information content (AvgIpc) is 3.25. The minimum atomic E-state index is 0. The molecule has 2 aromatic carbocycles. The first-order chi connectivity index (χ1) is 16.8. The molecule has 1 aliphatic rings. The summed E-state index contributed by atoms with van der Waals surface area (Å²) in [5.74, 6) is 0. The van der Waals surface area contributed by atoms with Crippen molar-refractivity contribution in [2.45, 2.75) is 37.8 Å².